The smallest absolute Gasteiger partial charge is 1.00 e. The van der Waals surface area contributed by atoms with Crippen LogP contribution in [0.5, 0.6) is 0 Å². The summed E-state index contributed by atoms with van der Waals surface area (Å²) >= 11 is 2.89. The first kappa shape index (κ1) is 50.6. The first-order valence-corrected chi connectivity index (χ1v) is 17.6. The van der Waals surface area contributed by atoms with Crippen LogP contribution < -0.4 is 68.6 Å². The molecule has 2 aliphatic rings. The van der Waals surface area contributed by atoms with Crippen LogP contribution in [-0.4, -0.2) is 39.8 Å². The van der Waals surface area contributed by atoms with Gasteiger partial charge in [-0.05, 0) is 92.3 Å². The monoisotopic (exact) mass is 890 g/mol. The van der Waals surface area contributed by atoms with Gasteiger partial charge < -0.3 is 59.4 Å². The summed E-state index contributed by atoms with van der Waals surface area (Å²) in [5.41, 5.74) is 6.05. The molecule has 0 bridgehead atoms. The fourth-order valence-corrected chi connectivity index (χ4v) is 7.93. The van der Waals surface area contributed by atoms with Gasteiger partial charge in [-0.25, -0.2) is 9.13 Å². The fraction of sp³-hybridized carbons (Fsp3) is 0.444. The predicted molar refractivity (Wildman–Crippen MR) is 194 cm³/mol. The van der Waals surface area contributed by atoms with Crippen LogP contribution in [-0.2, 0) is 46.4 Å². The molecule has 0 unspecified atom stereocenters. The Morgan fingerprint density at radius 2 is 0.849 bits per heavy atom. The number of carbonyl (C=O) groups is 2. The standard InChI is InChI=1S/2C18H23N4OS.4ClH.Zn/c2*1-18(2)10-14-16(15(23)11-18)24-17(22(14)5)20-19-12-6-8-13(9-7-12)21(3)4;;;;;/h2*6-9H,10-11H2,1-5H3;4*1H;/q2*+1;;;;;+2/p-4. The van der Waals surface area contributed by atoms with Gasteiger partial charge in [-0.1, -0.05) is 27.7 Å². The van der Waals surface area contributed by atoms with Crippen LogP contribution in [0.4, 0.5) is 33.0 Å². The summed E-state index contributed by atoms with van der Waals surface area (Å²) in [4.78, 5) is 30.5. The second-order valence-corrected chi connectivity index (χ2v) is 16.5. The Hall–Kier alpha value is -2.38. The van der Waals surface area contributed by atoms with E-state index in [-0.39, 0.29) is 91.5 Å². The summed E-state index contributed by atoms with van der Waals surface area (Å²) < 4.78 is 4.02. The minimum Gasteiger partial charge on any atom is -1.00 e. The SMILES string of the molecule is CN(C)c1ccc(N=Nc2sc3c([n+]2C)CC(C)(C)CC3=O)cc1.CN(C)c1ccc(N=Nc2sc3c([n+]2C)CC(C)(C)CC3=O)cc1.[Cl-].[Cl-].[Cl-].[Cl-].[Zn+2]. The normalized spacial score (nSPS) is 14.9. The van der Waals surface area contributed by atoms with E-state index in [2.05, 4.69) is 48.2 Å². The zero-order valence-corrected chi connectivity index (χ0v) is 39.5. The molecule has 4 aromatic rings. The number of ketones is 2. The molecule has 17 heteroatoms. The van der Waals surface area contributed by atoms with Gasteiger partial charge >= 0.3 is 29.7 Å². The van der Waals surface area contributed by atoms with Gasteiger partial charge in [-0.15, -0.1) is 0 Å². The van der Waals surface area contributed by atoms with E-state index in [1.807, 2.05) is 110 Å². The van der Waals surface area contributed by atoms with Gasteiger partial charge in [0, 0.05) is 65.2 Å². The van der Waals surface area contributed by atoms with Gasteiger partial charge in [0.1, 0.15) is 32.5 Å². The number of thiazole rings is 2. The molecule has 284 valence electrons. The van der Waals surface area contributed by atoms with E-state index in [1.165, 1.54) is 22.7 Å². The molecule has 2 heterocycles. The third-order valence-corrected chi connectivity index (χ3v) is 11.0. The van der Waals surface area contributed by atoms with Crippen molar-refractivity contribution in [2.75, 3.05) is 38.0 Å². The van der Waals surface area contributed by atoms with Crippen LogP contribution in [0, 0.1) is 10.8 Å². The zero-order valence-electron chi connectivity index (χ0n) is 31.9. The van der Waals surface area contributed by atoms with E-state index in [9.17, 15) is 9.59 Å². The Labute approximate surface area is 359 Å². The first-order chi connectivity index (χ1) is 22.5. The number of azo groups is 2. The molecule has 0 radical (unpaired) electrons. The minimum atomic E-state index is 0. The van der Waals surface area contributed by atoms with Gasteiger partial charge in [0.05, 0.1) is 24.3 Å². The average molecular weight is 894 g/mol. The van der Waals surface area contributed by atoms with Crippen LogP contribution in [0.25, 0.3) is 0 Å². The van der Waals surface area contributed by atoms with Gasteiger partial charge in [0.25, 0.3) is 0 Å². The molecule has 53 heavy (non-hydrogen) atoms. The maximum atomic E-state index is 12.4. The summed E-state index contributed by atoms with van der Waals surface area (Å²) in [6.45, 7) is 8.55. The molecule has 2 aliphatic carbocycles. The van der Waals surface area contributed by atoms with Crippen LogP contribution in [0.2, 0.25) is 0 Å². The second kappa shape index (κ2) is 20.5. The number of halogens is 4. The molecule has 10 nitrogen and oxygen atoms in total. The van der Waals surface area contributed by atoms with Gasteiger partial charge in [0.2, 0.25) is 0 Å². The van der Waals surface area contributed by atoms with Crippen molar-refractivity contribution < 1.29 is 87.8 Å². The van der Waals surface area contributed by atoms with Gasteiger partial charge in [0.15, 0.2) is 11.6 Å². The molecular formula is C36H46Cl4N8O2S2Zn. The largest absolute Gasteiger partial charge is 2.00 e. The summed E-state index contributed by atoms with van der Waals surface area (Å²) in [6.07, 6.45) is 2.99. The molecule has 0 amide bonds. The van der Waals surface area contributed by atoms with Gasteiger partial charge in [-0.3, -0.25) is 9.59 Å². The van der Waals surface area contributed by atoms with Crippen molar-refractivity contribution in [2.24, 2.45) is 45.4 Å². The zero-order chi connectivity index (χ0) is 35.0. The number of carbonyl (C=O) groups excluding carboxylic acids is 2. The van der Waals surface area contributed by atoms with Crippen LogP contribution in [0.15, 0.2) is 69.0 Å². The third-order valence-electron chi connectivity index (χ3n) is 8.61. The molecule has 0 N–H and O–H groups in total. The maximum absolute atomic E-state index is 12.4. The molecule has 0 saturated heterocycles. The number of Topliss-reactive ketones (excluding diaryl/α,β-unsaturated/α-hetero) is 2. The summed E-state index contributed by atoms with van der Waals surface area (Å²) in [6, 6.07) is 15.8. The second-order valence-electron chi connectivity index (χ2n) is 14.5. The number of rotatable bonds is 6. The molecule has 0 atom stereocenters. The quantitative estimate of drug-likeness (QED) is 0.114. The summed E-state index contributed by atoms with van der Waals surface area (Å²) in [5, 5.41) is 18.9. The molecule has 0 spiro atoms. The average Bonchev–Trinajstić information content (AvgIpc) is 3.50. The Morgan fingerprint density at radius 1 is 0.547 bits per heavy atom. The van der Waals surface area contributed by atoms with E-state index in [1.54, 1.807) is 0 Å². The van der Waals surface area contributed by atoms with Crippen LogP contribution in [0.1, 0.15) is 71.3 Å². The first-order valence-electron chi connectivity index (χ1n) is 16.0. The van der Waals surface area contributed by atoms with E-state index in [0.717, 1.165) is 67.0 Å². The number of benzene rings is 2. The maximum Gasteiger partial charge on any atom is 2.00 e. The number of fused-ring (bicyclic) bond motifs is 2. The van der Waals surface area contributed by atoms with Gasteiger partial charge in [-0.2, -0.15) is 0 Å². The Balaban J connectivity index is 0.000000932. The van der Waals surface area contributed by atoms with Crippen molar-refractivity contribution in [2.45, 2.75) is 53.4 Å². The van der Waals surface area contributed by atoms with Crippen molar-refractivity contribution >= 4 is 67.3 Å². The Kier molecular flexibility index (Phi) is 19.6. The van der Waals surface area contributed by atoms with Crippen molar-refractivity contribution in [1.82, 2.24) is 0 Å². The summed E-state index contributed by atoms with van der Waals surface area (Å²) in [5.74, 6) is 0.442. The molecule has 2 aromatic carbocycles. The number of hydrogen-bond donors (Lipinski definition) is 0. The van der Waals surface area contributed by atoms with Crippen molar-refractivity contribution in [3.8, 4) is 0 Å². The van der Waals surface area contributed by atoms with E-state index in [4.69, 9.17) is 0 Å². The summed E-state index contributed by atoms with van der Waals surface area (Å²) in [7, 11) is 12.0. The number of hydrogen-bond acceptors (Lipinski definition) is 10. The number of aromatic nitrogens is 2. The third kappa shape index (κ3) is 12.3. The van der Waals surface area contributed by atoms with Crippen molar-refractivity contribution in [3.63, 3.8) is 0 Å². The van der Waals surface area contributed by atoms with E-state index in [0.29, 0.717) is 12.8 Å². The van der Waals surface area contributed by atoms with Crippen molar-refractivity contribution in [1.29, 1.82) is 0 Å². The number of nitrogens with zero attached hydrogens (tertiary/aromatic N) is 8. The predicted octanol–water partition coefficient (Wildman–Crippen LogP) is -3.57. The molecule has 0 aliphatic heterocycles. The molecule has 6 rings (SSSR count). The van der Waals surface area contributed by atoms with Crippen molar-refractivity contribution in [3.05, 3.63) is 69.7 Å². The minimum absolute atomic E-state index is 0. The fourth-order valence-electron chi connectivity index (χ4n) is 5.88. The molecule has 0 saturated carbocycles. The van der Waals surface area contributed by atoms with E-state index < -0.39 is 0 Å². The van der Waals surface area contributed by atoms with Crippen LogP contribution in [0.3, 0.4) is 0 Å². The topological polar surface area (TPSA) is 97.8 Å². The Bertz CT molecular complexity index is 1770. The molecule has 2 aromatic heterocycles. The molecule has 0 fully saturated rings. The van der Waals surface area contributed by atoms with E-state index >= 15 is 0 Å². The number of anilines is 2. The Morgan fingerprint density at radius 3 is 1.13 bits per heavy atom. The van der Waals surface area contributed by atoms with Crippen LogP contribution >= 0.6 is 22.7 Å². The molecular weight excluding hydrogens is 848 g/mol.